The van der Waals surface area contributed by atoms with Gasteiger partial charge in [0.25, 0.3) is 0 Å². The van der Waals surface area contributed by atoms with Crippen LogP contribution in [0.15, 0.2) is 25.0 Å². The van der Waals surface area contributed by atoms with Gasteiger partial charge >= 0.3 is 0 Å². The summed E-state index contributed by atoms with van der Waals surface area (Å²) in [6, 6.07) is 0. The third-order valence-corrected chi connectivity index (χ3v) is 1.21. The van der Waals surface area contributed by atoms with Crippen molar-refractivity contribution in [3.63, 3.8) is 0 Å². The normalized spacial score (nSPS) is 9.30. The van der Waals surface area contributed by atoms with Crippen LogP contribution in [-0.4, -0.2) is 9.97 Å². The Hall–Kier alpha value is -1.18. The molecule has 52 valence electrons. The molecule has 1 rings (SSSR count). The summed E-state index contributed by atoms with van der Waals surface area (Å²) in [6.07, 6.45) is 6.34. The molecular formula is C8H10N2. The molecular weight excluding hydrogens is 124 g/mol. The van der Waals surface area contributed by atoms with E-state index in [0.29, 0.717) is 0 Å². The Morgan fingerprint density at radius 2 is 2.10 bits per heavy atom. The van der Waals surface area contributed by atoms with E-state index in [1.165, 1.54) is 0 Å². The molecule has 0 bridgehead atoms. The molecule has 0 aliphatic rings. The Kier molecular flexibility index (Phi) is 2.15. The monoisotopic (exact) mass is 134 g/mol. The standard InChI is InChI=1S/C8H10N2/c1-3-4-8-5-9-7(2)10-6-8/h3,5-6H,1,4H2,2H3. The van der Waals surface area contributed by atoms with Crippen LogP contribution in [0.4, 0.5) is 0 Å². The summed E-state index contributed by atoms with van der Waals surface area (Å²) in [5.74, 6) is 0.813. The second-order valence-corrected chi connectivity index (χ2v) is 2.13. The van der Waals surface area contributed by atoms with E-state index in [1.807, 2.05) is 25.4 Å². The maximum atomic E-state index is 4.04. The lowest BCUT2D eigenvalue weighted by Gasteiger charge is -1.93. The minimum Gasteiger partial charge on any atom is -0.241 e. The Bertz CT molecular complexity index is 213. The zero-order valence-corrected chi connectivity index (χ0v) is 6.04. The number of aryl methyl sites for hydroxylation is 1. The predicted octanol–water partition coefficient (Wildman–Crippen LogP) is 1.51. The van der Waals surface area contributed by atoms with Crippen LogP contribution in [0.5, 0.6) is 0 Å². The van der Waals surface area contributed by atoms with E-state index in [-0.39, 0.29) is 0 Å². The largest absolute Gasteiger partial charge is 0.241 e. The SMILES string of the molecule is C=CCc1cnc(C)nc1. The van der Waals surface area contributed by atoms with E-state index in [4.69, 9.17) is 0 Å². The number of hydrogen-bond acceptors (Lipinski definition) is 2. The van der Waals surface area contributed by atoms with Gasteiger partial charge in [0.05, 0.1) is 0 Å². The van der Waals surface area contributed by atoms with Crippen LogP contribution >= 0.6 is 0 Å². The molecule has 0 fully saturated rings. The number of rotatable bonds is 2. The molecule has 1 aromatic rings. The van der Waals surface area contributed by atoms with E-state index in [0.717, 1.165) is 17.8 Å². The second-order valence-electron chi connectivity index (χ2n) is 2.13. The van der Waals surface area contributed by atoms with Crippen LogP contribution in [0.25, 0.3) is 0 Å². The van der Waals surface area contributed by atoms with E-state index < -0.39 is 0 Å². The van der Waals surface area contributed by atoms with Crippen molar-refractivity contribution < 1.29 is 0 Å². The average molecular weight is 134 g/mol. The van der Waals surface area contributed by atoms with Crippen molar-refractivity contribution in [3.05, 3.63) is 36.4 Å². The van der Waals surface area contributed by atoms with Crippen LogP contribution < -0.4 is 0 Å². The zero-order chi connectivity index (χ0) is 7.40. The first-order valence-electron chi connectivity index (χ1n) is 3.21. The Labute approximate surface area is 60.6 Å². The van der Waals surface area contributed by atoms with Gasteiger partial charge in [0, 0.05) is 12.4 Å². The van der Waals surface area contributed by atoms with Gasteiger partial charge in [-0.15, -0.1) is 6.58 Å². The average Bonchev–Trinajstić information content (AvgIpc) is 1.95. The third kappa shape index (κ3) is 1.65. The predicted molar refractivity (Wildman–Crippen MR) is 40.7 cm³/mol. The smallest absolute Gasteiger partial charge is 0.125 e. The fourth-order valence-corrected chi connectivity index (χ4v) is 0.691. The second kappa shape index (κ2) is 3.11. The van der Waals surface area contributed by atoms with Gasteiger partial charge in [-0.3, -0.25) is 0 Å². The molecule has 0 aromatic carbocycles. The fraction of sp³-hybridized carbons (Fsp3) is 0.250. The Morgan fingerprint density at radius 1 is 1.50 bits per heavy atom. The number of nitrogens with zero attached hydrogens (tertiary/aromatic N) is 2. The van der Waals surface area contributed by atoms with Crippen LogP contribution in [0, 0.1) is 6.92 Å². The summed E-state index contributed by atoms with van der Waals surface area (Å²) >= 11 is 0. The molecule has 0 saturated heterocycles. The molecule has 0 N–H and O–H groups in total. The maximum Gasteiger partial charge on any atom is 0.125 e. The molecule has 0 saturated carbocycles. The van der Waals surface area contributed by atoms with E-state index >= 15 is 0 Å². The molecule has 0 amide bonds. The van der Waals surface area contributed by atoms with E-state index in [2.05, 4.69) is 16.5 Å². The summed E-state index contributed by atoms with van der Waals surface area (Å²) < 4.78 is 0. The van der Waals surface area contributed by atoms with Crippen molar-refractivity contribution in [2.24, 2.45) is 0 Å². The highest BCUT2D eigenvalue weighted by molar-refractivity contribution is 5.08. The first-order chi connectivity index (χ1) is 4.83. The summed E-state index contributed by atoms with van der Waals surface area (Å²) in [5.41, 5.74) is 1.11. The fourth-order valence-electron chi connectivity index (χ4n) is 0.691. The first-order valence-corrected chi connectivity index (χ1v) is 3.21. The van der Waals surface area contributed by atoms with Crippen molar-refractivity contribution in [2.75, 3.05) is 0 Å². The van der Waals surface area contributed by atoms with Crippen LogP contribution in [0.3, 0.4) is 0 Å². The van der Waals surface area contributed by atoms with Gasteiger partial charge in [0.1, 0.15) is 5.82 Å². The molecule has 0 aliphatic heterocycles. The third-order valence-electron chi connectivity index (χ3n) is 1.21. The quantitative estimate of drug-likeness (QED) is 0.573. The summed E-state index contributed by atoms with van der Waals surface area (Å²) in [5, 5.41) is 0. The summed E-state index contributed by atoms with van der Waals surface area (Å²) in [7, 11) is 0. The summed E-state index contributed by atoms with van der Waals surface area (Å²) in [4.78, 5) is 8.08. The number of hydrogen-bond donors (Lipinski definition) is 0. The van der Waals surface area contributed by atoms with E-state index in [1.54, 1.807) is 0 Å². The van der Waals surface area contributed by atoms with Gasteiger partial charge in [-0.05, 0) is 18.9 Å². The molecule has 0 aliphatic carbocycles. The van der Waals surface area contributed by atoms with Crippen molar-refractivity contribution >= 4 is 0 Å². The molecule has 1 aromatic heterocycles. The minimum atomic E-state index is 0.813. The summed E-state index contributed by atoms with van der Waals surface area (Å²) in [6.45, 7) is 5.50. The highest BCUT2D eigenvalue weighted by Gasteiger charge is 1.88. The van der Waals surface area contributed by atoms with Gasteiger partial charge < -0.3 is 0 Å². The molecule has 0 radical (unpaired) electrons. The van der Waals surface area contributed by atoms with Crippen LogP contribution in [0.1, 0.15) is 11.4 Å². The van der Waals surface area contributed by atoms with Gasteiger partial charge in [-0.25, -0.2) is 9.97 Å². The molecule has 0 unspecified atom stereocenters. The Balaban J connectivity index is 2.78. The number of aromatic nitrogens is 2. The van der Waals surface area contributed by atoms with E-state index in [9.17, 15) is 0 Å². The first kappa shape index (κ1) is 6.93. The van der Waals surface area contributed by atoms with Gasteiger partial charge in [-0.2, -0.15) is 0 Å². The molecule has 0 atom stereocenters. The highest BCUT2D eigenvalue weighted by Crippen LogP contribution is 1.95. The zero-order valence-electron chi connectivity index (χ0n) is 6.04. The van der Waals surface area contributed by atoms with Gasteiger partial charge in [-0.1, -0.05) is 6.08 Å². The van der Waals surface area contributed by atoms with Gasteiger partial charge in [0.15, 0.2) is 0 Å². The van der Waals surface area contributed by atoms with Gasteiger partial charge in [0.2, 0.25) is 0 Å². The number of allylic oxidation sites excluding steroid dienone is 1. The minimum absolute atomic E-state index is 0.813. The van der Waals surface area contributed by atoms with Crippen LogP contribution in [0.2, 0.25) is 0 Å². The van der Waals surface area contributed by atoms with Crippen molar-refractivity contribution in [1.82, 2.24) is 9.97 Å². The van der Waals surface area contributed by atoms with Crippen LogP contribution in [-0.2, 0) is 6.42 Å². The highest BCUT2D eigenvalue weighted by atomic mass is 14.8. The van der Waals surface area contributed by atoms with Crippen molar-refractivity contribution in [3.8, 4) is 0 Å². The van der Waals surface area contributed by atoms with Crippen molar-refractivity contribution in [2.45, 2.75) is 13.3 Å². The lowest BCUT2D eigenvalue weighted by Crippen LogP contribution is -1.89. The molecule has 10 heavy (non-hydrogen) atoms. The molecule has 2 heteroatoms. The topological polar surface area (TPSA) is 25.8 Å². The lowest BCUT2D eigenvalue weighted by atomic mass is 10.2. The van der Waals surface area contributed by atoms with Crippen molar-refractivity contribution in [1.29, 1.82) is 0 Å². The molecule has 2 nitrogen and oxygen atoms in total. The molecule has 1 heterocycles. The Morgan fingerprint density at radius 3 is 2.60 bits per heavy atom. The molecule has 0 spiro atoms. The maximum absolute atomic E-state index is 4.04. The lowest BCUT2D eigenvalue weighted by molar-refractivity contribution is 1.01.